The molecule has 0 radical (unpaired) electrons. The lowest BCUT2D eigenvalue weighted by Crippen LogP contribution is -2.30. The summed E-state index contributed by atoms with van der Waals surface area (Å²) in [5.41, 5.74) is 3.46. The molecule has 2 aromatic rings. The number of anilines is 1. The molecule has 0 saturated carbocycles. The first-order valence-electron chi connectivity index (χ1n) is 7.41. The fourth-order valence-corrected chi connectivity index (χ4v) is 2.53. The van der Waals surface area contributed by atoms with Gasteiger partial charge in [-0.15, -0.1) is 0 Å². The monoisotopic (exact) mass is 384 g/mol. The van der Waals surface area contributed by atoms with E-state index in [1.165, 1.54) is 12.1 Å². The van der Waals surface area contributed by atoms with Gasteiger partial charge in [0, 0.05) is 11.3 Å². The first kappa shape index (κ1) is 19.1. The summed E-state index contributed by atoms with van der Waals surface area (Å²) in [6.07, 6.45) is -0.169. The summed E-state index contributed by atoms with van der Waals surface area (Å²) in [5.74, 6) is 4.52. The predicted molar refractivity (Wildman–Crippen MR) is 97.4 cm³/mol. The van der Waals surface area contributed by atoms with Crippen LogP contribution in [0.5, 0.6) is 5.75 Å². The molecule has 0 spiro atoms. The van der Waals surface area contributed by atoms with Crippen molar-refractivity contribution in [1.29, 1.82) is 0 Å². The number of ether oxygens (including phenoxy) is 1. The summed E-state index contributed by atoms with van der Waals surface area (Å²) >= 11 is 12.1. The molecular formula is C16H18Cl2N4O3. The third-order valence-corrected chi connectivity index (χ3v) is 4.21. The first-order chi connectivity index (χ1) is 11.7. The van der Waals surface area contributed by atoms with Crippen LogP contribution in [0.3, 0.4) is 0 Å². The van der Waals surface area contributed by atoms with Crippen molar-refractivity contribution in [2.75, 3.05) is 5.32 Å². The number of nitrogens with two attached hydrogens (primary N) is 1. The largest absolute Gasteiger partial charge is 0.489 e. The Morgan fingerprint density at radius 2 is 1.88 bits per heavy atom. The second kappa shape index (κ2) is 7.77. The minimum Gasteiger partial charge on any atom is -0.489 e. The lowest BCUT2D eigenvalue weighted by Gasteiger charge is -2.16. The van der Waals surface area contributed by atoms with E-state index in [0.717, 1.165) is 0 Å². The molecule has 1 heterocycles. The molecule has 2 amide bonds. The molecule has 1 aromatic carbocycles. The van der Waals surface area contributed by atoms with E-state index < -0.39 is 11.8 Å². The van der Waals surface area contributed by atoms with Gasteiger partial charge < -0.3 is 15.0 Å². The smallest absolute Gasteiger partial charge is 0.273 e. The van der Waals surface area contributed by atoms with Crippen molar-refractivity contribution in [1.82, 2.24) is 10.4 Å². The van der Waals surface area contributed by atoms with E-state index in [2.05, 4.69) is 10.3 Å². The van der Waals surface area contributed by atoms with E-state index >= 15 is 0 Å². The molecule has 0 aliphatic carbocycles. The number of hydrazine groups is 1. The number of aromatic amines is 1. The van der Waals surface area contributed by atoms with Crippen molar-refractivity contribution in [3.05, 3.63) is 45.2 Å². The predicted octanol–water partition coefficient (Wildman–Crippen LogP) is 3.27. The Labute approximate surface area is 154 Å². The highest BCUT2D eigenvalue weighted by molar-refractivity contribution is 6.44. The van der Waals surface area contributed by atoms with Crippen LogP contribution in [0.25, 0.3) is 0 Å². The number of hydrogen-bond acceptors (Lipinski definition) is 4. The number of nitrogens with one attached hydrogen (secondary N) is 3. The molecule has 0 aliphatic rings. The topological polar surface area (TPSA) is 109 Å². The number of halogens is 2. The van der Waals surface area contributed by atoms with Crippen LogP contribution in [-0.4, -0.2) is 22.9 Å². The summed E-state index contributed by atoms with van der Waals surface area (Å²) in [4.78, 5) is 27.0. The zero-order chi connectivity index (χ0) is 18.7. The van der Waals surface area contributed by atoms with Gasteiger partial charge in [-0.25, -0.2) is 5.84 Å². The molecule has 5 N–H and O–H groups in total. The minimum absolute atomic E-state index is 0.141. The van der Waals surface area contributed by atoms with Gasteiger partial charge in [-0.1, -0.05) is 23.2 Å². The fraction of sp³-hybridized carbons (Fsp3) is 0.250. The third-order valence-electron chi connectivity index (χ3n) is 3.27. The first-order valence-corrected chi connectivity index (χ1v) is 8.16. The molecule has 25 heavy (non-hydrogen) atoms. The summed E-state index contributed by atoms with van der Waals surface area (Å²) in [6.45, 7) is 5.36. The molecule has 2 rings (SSSR count). The Morgan fingerprint density at radius 1 is 1.20 bits per heavy atom. The standard InChI is InChI=1S/C16H18Cl2N4O3/c1-7(2)25-11-6-9(15(23)22-19)4-5-10(11)21-16(24)14-13(18)12(17)8(3)20-14/h4-7,20H,19H2,1-3H3,(H,21,24)(H,22,23). The molecule has 0 fully saturated rings. The van der Waals surface area contributed by atoms with E-state index in [1.807, 2.05) is 19.3 Å². The normalized spacial score (nSPS) is 10.7. The minimum atomic E-state index is -0.482. The molecule has 134 valence electrons. The molecule has 7 nitrogen and oxygen atoms in total. The number of amides is 2. The molecule has 0 unspecified atom stereocenters. The van der Waals surface area contributed by atoms with Gasteiger partial charge in [-0.05, 0) is 39.0 Å². The molecule has 9 heteroatoms. The molecule has 1 aromatic heterocycles. The van der Waals surface area contributed by atoms with E-state index in [4.69, 9.17) is 33.8 Å². The van der Waals surface area contributed by atoms with Gasteiger partial charge in [0.1, 0.15) is 11.4 Å². The highest BCUT2D eigenvalue weighted by atomic mass is 35.5. The van der Waals surface area contributed by atoms with Crippen molar-refractivity contribution in [2.24, 2.45) is 5.84 Å². The molecule has 0 saturated heterocycles. The zero-order valence-electron chi connectivity index (χ0n) is 13.9. The summed E-state index contributed by atoms with van der Waals surface area (Å²) in [7, 11) is 0. The number of H-pyrrole nitrogens is 1. The van der Waals surface area contributed by atoms with Gasteiger partial charge in [0.2, 0.25) is 0 Å². The van der Waals surface area contributed by atoms with Gasteiger partial charge in [-0.3, -0.25) is 15.0 Å². The van der Waals surface area contributed by atoms with Crippen LogP contribution >= 0.6 is 23.2 Å². The highest BCUT2D eigenvalue weighted by Gasteiger charge is 2.20. The Kier molecular flexibility index (Phi) is 5.94. The molecule has 0 aliphatic heterocycles. The maximum Gasteiger partial charge on any atom is 0.273 e. The second-order valence-corrected chi connectivity index (χ2v) is 6.31. The van der Waals surface area contributed by atoms with Crippen LogP contribution in [0.1, 0.15) is 40.4 Å². The van der Waals surface area contributed by atoms with Crippen molar-refractivity contribution in [2.45, 2.75) is 26.9 Å². The number of carbonyl (C=O) groups excluding carboxylic acids is 2. The quantitative estimate of drug-likeness (QED) is 0.360. The second-order valence-electron chi connectivity index (χ2n) is 5.56. The van der Waals surface area contributed by atoms with Crippen LogP contribution < -0.4 is 21.3 Å². The number of aryl methyl sites for hydroxylation is 1. The van der Waals surface area contributed by atoms with Gasteiger partial charge in [0.25, 0.3) is 11.8 Å². The number of benzene rings is 1. The van der Waals surface area contributed by atoms with E-state index in [9.17, 15) is 9.59 Å². The number of nitrogen functional groups attached to an aromatic ring is 1. The molecule has 0 atom stereocenters. The van der Waals surface area contributed by atoms with E-state index in [0.29, 0.717) is 27.7 Å². The Hall–Kier alpha value is -2.22. The van der Waals surface area contributed by atoms with Gasteiger partial charge >= 0.3 is 0 Å². The van der Waals surface area contributed by atoms with Gasteiger partial charge in [0.15, 0.2) is 0 Å². The maximum absolute atomic E-state index is 12.5. The summed E-state index contributed by atoms with van der Waals surface area (Å²) in [5, 5.41) is 3.13. The maximum atomic E-state index is 12.5. The Bertz CT molecular complexity index is 818. The molecular weight excluding hydrogens is 367 g/mol. The Balaban J connectivity index is 2.35. The van der Waals surface area contributed by atoms with Crippen LogP contribution in [0.2, 0.25) is 10.0 Å². The third kappa shape index (κ3) is 4.25. The average Bonchev–Trinajstić information content (AvgIpc) is 2.82. The average molecular weight is 385 g/mol. The number of rotatable bonds is 5. The fourth-order valence-electron chi connectivity index (χ4n) is 2.11. The van der Waals surface area contributed by atoms with Crippen LogP contribution in [0, 0.1) is 6.92 Å². The van der Waals surface area contributed by atoms with Gasteiger partial charge in [-0.2, -0.15) is 0 Å². The summed E-state index contributed by atoms with van der Waals surface area (Å²) < 4.78 is 5.67. The van der Waals surface area contributed by atoms with Crippen molar-refractivity contribution in [3.63, 3.8) is 0 Å². The number of aromatic nitrogens is 1. The van der Waals surface area contributed by atoms with Crippen LogP contribution in [-0.2, 0) is 0 Å². The van der Waals surface area contributed by atoms with E-state index in [1.54, 1.807) is 13.0 Å². The summed E-state index contributed by atoms with van der Waals surface area (Å²) in [6, 6.07) is 4.55. The number of hydrogen-bond donors (Lipinski definition) is 4. The van der Waals surface area contributed by atoms with Crippen molar-refractivity contribution >= 4 is 40.7 Å². The van der Waals surface area contributed by atoms with Gasteiger partial charge in [0.05, 0.1) is 21.8 Å². The van der Waals surface area contributed by atoms with Crippen LogP contribution in [0.4, 0.5) is 5.69 Å². The lowest BCUT2D eigenvalue weighted by atomic mass is 10.1. The van der Waals surface area contributed by atoms with E-state index in [-0.39, 0.29) is 16.8 Å². The SMILES string of the molecule is Cc1[nH]c(C(=O)Nc2ccc(C(=O)NN)cc2OC(C)C)c(Cl)c1Cl. The van der Waals surface area contributed by atoms with Crippen LogP contribution in [0.15, 0.2) is 18.2 Å². The molecule has 0 bridgehead atoms. The lowest BCUT2D eigenvalue weighted by molar-refractivity contribution is 0.0952. The van der Waals surface area contributed by atoms with Crippen molar-refractivity contribution < 1.29 is 14.3 Å². The van der Waals surface area contributed by atoms with Crippen molar-refractivity contribution in [3.8, 4) is 5.75 Å². The number of carbonyl (C=O) groups is 2. The zero-order valence-corrected chi connectivity index (χ0v) is 15.4. The highest BCUT2D eigenvalue weighted by Crippen LogP contribution is 2.31. The Morgan fingerprint density at radius 3 is 2.40 bits per heavy atom.